The van der Waals surface area contributed by atoms with E-state index in [1.165, 1.54) is 19.1 Å². The van der Waals surface area contributed by atoms with Gasteiger partial charge in [-0.3, -0.25) is 4.79 Å². The summed E-state index contributed by atoms with van der Waals surface area (Å²) in [6.07, 6.45) is -4.68. The lowest BCUT2D eigenvalue weighted by Gasteiger charge is -2.49. The highest BCUT2D eigenvalue weighted by molar-refractivity contribution is 5.74. The van der Waals surface area contributed by atoms with Gasteiger partial charge < -0.3 is 15.0 Å². The van der Waals surface area contributed by atoms with E-state index in [4.69, 9.17) is 0 Å². The van der Waals surface area contributed by atoms with Gasteiger partial charge in [0.2, 0.25) is 5.91 Å². The van der Waals surface area contributed by atoms with Crippen molar-refractivity contribution in [3.8, 4) is 5.75 Å². The Labute approximate surface area is 114 Å². The molecule has 0 unspecified atom stereocenters. The number of halogens is 3. The molecular formula is C13H15F3N2O2. The van der Waals surface area contributed by atoms with Crippen LogP contribution in [0, 0.1) is 0 Å². The van der Waals surface area contributed by atoms with Crippen molar-refractivity contribution in [3.63, 3.8) is 0 Å². The minimum Gasteiger partial charge on any atom is -0.406 e. The van der Waals surface area contributed by atoms with Crippen LogP contribution in [0.5, 0.6) is 5.75 Å². The third-order valence-electron chi connectivity index (χ3n) is 2.99. The lowest BCUT2D eigenvalue weighted by atomic mass is 9.91. The number of anilines is 1. The molecule has 0 saturated carbocycles. The Balaban J connectivity index is 1.94. The molecule has 0 atom stereocenters. The van der Waals surface area contributed by atoms with Gasteiger partial charge in [-0.2, -0.15) is 0 Å². The largest absolute Gasteiger partial charge is 0.573 e. The molecule has 7 heteroatoms. The van der Waals surface area contributed by atoms with Crippen molar-refractivity contribution in [2.45, 2.75) is 25.7 Å². The number of nitrogens with zero attached hydrogens (tertiary/aromatic N) is 1. The molecule has 0 radical (unpaired) electrons. The van der Waals surface area contributed by atoms with Gasteiger partial charge in [-0.05, 0) is 31.2 Å². The zero-order chi connectivity index (χ0) is 15.0. The fourth-order valence-corrected chi connectivity index (χ4v) is 2.34. The zero-order valence-corrected chi connectivity index (χ0v) is 11.1. The number of carbonyl (C=O) groups is 1. The van der Waals surface area contributed by atoms with Crippen LogP contribution in [0.25, 0.3) is 0 Å². The van der Waals surface area contributed by atoms with Crippen LogP contribution in [-0.4, -0.2) is 30.9 Å². The van der Waals surface area contributed by atoms with E-state index < -0.39 is 6.36 Å². The number of amides is 1. The lowest BCUT2D eigenvalue weighted by Crippen LogP contribution is -2.68. The van der Waals surface area contributed by atoms with Gasteiger partial charge in [0.05, 0.1) is 5.54 Å². The fourth-order valence-electron chi connectivity index (χ4n) is 2.34. The number of hydrogen-bond donors (Lipinski definition) is 1. The predicted molar refractivity (Wildman–Crippen MR) is 67.6 cm³/mol. The highest BCUT2D eigenvalue weighted by atomic mass is 19.4. The topological polar surface area (TPSA) is 41.6 Å². The Bertz CT molecular complexity index is 493. The maximum Gasteiger partial charge on any atom is 0.573 e. The van der Waals surface area contributed by atoms with Crippen molar-refractivity contribution in [3.05, 3.63) is 24.3 Å². The van der Waals surface area contributed by atoms with Crippen LogP contribution >= 0.6 is 0 Å². The monoisotopic (exact) mass is 288 g/mol. The summed E-state index contributed by atoms with van der Waals surface area (Å²) in [6.45, 7) is 4.61. The fraction of sp³-hybridized carbons (Fsp3) is 0.462. The van der Waals surface area contributed by atoms with Crippen LogP contribution in [0.4, 0.5) is 18.9 Å². The molecule has 1 heterocycles. The molecule has 1 fully saturated rings. The molecule has 1 aliphatic rings. The van der Waals surface area contributed by atoms with Crippen molar-refractivity contribution in [2.24, 2.45) is 0 Å². The number of alkyl halides is 3. The quantitative estimate of drug-likeness (QED) is 0.928. The van der Waals surface area contributed by atoms with E-state index in [-0.39, 0.29) is 17.2 Å². The summed E-state index contributed by atoms with van der Waals surface area (Å²) < 4.78 is 39.9. The average molecular weight is 288 g/mol. The molecular weight excluding hydrogens is 273 g/mol. The third kappa shape index (κ3) is 3.55. The number of benzene rings is 1. The second-order valence-electron chi connectivity index (χ2n) is 5.14. The number of rotatable bonds is 3. The van der Waals surface area contributed by atoms with Gasteiger partial charge in [0.25, 0.3) is 0 Å². The van der Waals surface area contributed by atoms with E-state index in [0.29, 0.717) is 13.1 Å². The van der Waals surface area contributed by atoms with Crippen molar-refractivity contribution in [1.82, 2.24) is 5.32 Å². The first-order valence-corrected chi connectivity index (χ1v) is 6.06. The van der Waals surface area contributed by atoms with Gasteiger partial charge in [0, 0.05) is 25.7 Å². The molecule has 1 N–H and O–H groups in total. The first kappa shape index (κ1) is 14.5. The first-order chi connectivity index (χ1) is 9.17. The van der Waals surface area contributed by atoms with Gasteiger partial charge in [0.15, 0.2) is 0 Å². The number of nitrogens with one attached hydrogen (secondary N) is 1. The number of hydrogen-bond acceptors (Lipinski definition) is 3. The summed E-state index contributed by atoms with van der Waals surface area (Å²) in [4.78, 5) is 13.0. The van der Waals surface area contributed by atoms with E-state index in [9.17, 15) is 18.0 Å². The SMILES string of the molecule is CC(=O)NC1(C)CN(c2ccc(OC(F)(F)F)cc2)C1. The maximum absolute atomic E-state index is 12.0. The minimum atomic E-state index is -4.68. The van der Waals surface area contributed by atoms with E-state index in [1.54, 1.807) is 12.1 Å². The zero-order valence-electron chi connectivity index (χ0n) is 11.1. The minimum absolute atomic E-state index is 0.0962. The van der Waals surface area contributed by atoms with Crippen molar-refractivity contribution >= 4 is 11.6 Å². The van der Waals surface area contributed by atoms with Gasteiger partial charge in [0.1, 0.15) is 5.75 Å². The average Bonchev–Trinajstić information content (AvgIpc) is 2.23. The van der Waals surface area contributed by atoms with Crippen LogP contribution in [0.1, 0.15) is 13.8 Å². The Kier molecular flexibility index (Phi) is 3.54. The molecule has 2 rings (SSSR count). The summed E-state index contributed by atoms with van der Waals surface area (Å²) in [6, 6.07) is 5.68. The molecule has 20 heavy (non-hydrogen) atoms. The molecule has 0 spiro atoms. The van der Waals surface area contributed by atoms with Crippen molar-refractivity contribution in [1.29, 1.82) is 0 Å². The molecule has 1 aromatic rings. The summed E-state index contributed by atoms with van der Waals surface area (Å²) in [5.74, 6) is -0.340. The van der Waals surface area contributed by atoms with Crippen molar-refractivity contribution < 1.29 is 22.7 Å². The smallest absolute Gasteiger partial charge is 0.406 e. The Hall–Kier alpha value is -1.92. The Morgan fingerprint density at radius 1 is 1.30 bits per heavy atom. The van der Waals surface area contributed by atoms with Gasteiger partial charge in [-0.25, -0.2) is 0 Å². The molecule has 1 amide bonds. The predicted octanol–water partition coefficient (Wildman–Crippen LogP) is 2.30. The van der Waals surface area contributed by atoms with Crippen LogP contribution in [-0.2, 0) is 4.79 Å². The van der Waals surface area contributed by atoms with E-state index >= 15 is 0 Å². The van der Waals surface area contributed by atoms with Gasteiger partial charge in [-0.15, -0.1) is 13.2 Å². The molecule has 0 aromatic heterocycles. The Morgan fingerprint density at radius 3 is 2.30 bits per heavy atom. The van der Waals surface area contributed by atoms with Crippen molar-refractivity contribution in [2.75, 3.05) is 18.0 Å². The molecule has 1 aliphatic heterocycles. The first-order valence-electron chi connectivity index (χ1n) is 6.06. The highest BCUT2D eigenvalue weighted by Crippen LogP contribution is 2.30. The van der Waals surface area contributed by atoms with Crippen LogP contribution in [0.15, 0.2) is 24.3 Å². The molecule has 0 bridgehead atoms. The molecule has 110 valence electrons. The van der Waals surface area contributed by atoms with E-state index in [2.05, 4.69) is 10.1 Å². The second-order valence-corrected chi connectivity index (χ2v) is 5.14. The molecule has 1 aromatic carbocycles. The summed E-state index contributed by atoms with van der Waals surface area (Å²) in [7, 11) is 0. The summed E-state index contributed by atoms with van der Waals surface area (Å²) in [5, 5.41) is 2.84. The standard InChI is InChI=1S/C13H15F3N2O2/c1-9(19)17-12(2)7-18(8-12)10-3-5-11(6-4-10)20-13(14,15)16/h3-6H,7-8H2,1-2H3,(H,17,19). The van der Waals surface area contributed by atoms with Crippen LogP contribution in [0.2, 0.25) is 0 Å². The van der Waals surface area contributed by atoms with Gasteiger partial charge in [-0.1, -0.05) is 0 Å². The molecule has 1 saturated heterocycles. The van der Waals surface area contributed by atoms with E-state index in [0.717, 1.165) is 5.69 Å². The summed E-state index contributed by atoms with van der Waals surface area (Å²) >= 11 is 0. The third-order valence-corrected chi connectivity index (χ3v) is 2.99. The second kappa shape index (κ2) is 4.88. The van der Waals surface area contributed by atoms with Crippen LogP contribution in [0.3, 0.4) is 0 Å². The lowest BCUT2D eigenvalue weighted by molar-refractivity contribution is -0.274. The highest BCUT2D eigenvalue weighted by Gasteiger charge is 2.39. The Morgan fingerprint density at radius 2 is 1.85 bits per heavy atom. The molecule has 0 aliphatic carbocycles. The van der Waals surface area contributed by atoms with Crippen LogP contribution < -0.4 is 15.0 Å². The maximum atomic E-state index is 12.0. The summed E-state index contributed by atoms with van der Waals surface area (Å²) in [5.41, 5.74) is 0.509. The van der Waals surface area contributed by atoms with Gasteiger partial charge >= 0.3 is 6.36 Å². The number of carbonyl (C=O) groups excluding carboxylic acids is 1. The number of ether oxygens (including phenoxy) is 1. The van der Waals surface area contributed by atoms with E-state index in [1.807, 2.05) is 11.8 Å². The molecule has 4 nitrogen and oxygen atoms in total. The normalized spacial score (nSPS) is 17.4.